The number of nitro benzene ring substituents is 1. The molecule has 31 heavy (non-hydrogen) atoms. The van der Waals surface area contributed by atoms with Crippen LogP contribution in [0.15, 0.2) is 59.8 Å². The molecule has 0 spiro atoms. The molecule has 0 bridgehead atoms. The van der Waals surface area contributed by atoms with Gasteiger partial charge in [-0.05, 0) is 52.0 Å². The van der Waals surface area contributed by atoms with Crippen molar-refractivity contribution in [3.05, 3.63) is 64.7 Å². The molecule has 0 N–H and O–H groups in total. The summed E-state index contributed by atoms with van der Waals surface area (Å²) in [5.74, 6) is 0.830. The van der Waals surface area contributed by atoms with Crippen LogP contribution in [0.3, 0.4) is 0 Å². The summed E-state index contributed by atoms with van der Waals surface area (Å²) >= 11 is 1.33. The quantitative estimate of drug-likeness (QED) is 0.290. The van der Waals surface area contributed by atoms with E-state index in [0.29, 0.717) is 16.5 Å². The highest BCUT2D eigenvalue weighted by Crippen LogP contribution is 2.29. The van der Waals surface area contributed by atoms with E-state index in [9.17, 15) is 14.9 Å². The maximum absolute atomic E-state index is 12.8. The lowest BCUT2D eigenvalue weighted by Gasteiger charge is -2.30. The molecule has 1 amide bonds. The van der Waals surface area contributed by atoms with E-state index in [1.54, 1.807) is 12.1 Å². The van der Waals surface area contributed by atoms with Crippen molar-refractivity contribution >= 4 is 23.4 Å². The van der Waals surface area contributed by atoms with Crippen molar-refractivity contribution in [3.8, 4) is 17.1 Å². The highest BCUT2D eigenvalue weighted by atomic mass is 32.2. The minimum Gasteiger partial charge on any atom is -0.337 e. The zero-order valence-electron chi connectivity index (χ0n) is 17.9. The van der Waals surface area contributed by atoms with Gasteiger partial charge in [0.2, 0.25) is 5.91 Å². The summed E-state index contributed by atoms with van der Waals surface area (Å²) in [6.07, 6.45) is 0. The van der Waals surface area contributed by atoms with E-state index >= 15 is 0 Å². The monoisotopic (exact) mass is 439 g/mol. The molecule has 0 atom stereocenters. The van der Waals surface area contributed by atoms with Crippen molar-refractivity contribution in [2.24, 2.45) is 0 Å². The Bertz CT molecular complexity index is 1040. The van der Waals surface area contributed by atoms with E-state index in [-0.39, 0.29) is 29.4 Å². The number of nitro groups is 1. The molecule has 8 nitrogen and oxygen atoms in total. The van der Waals surface area contributed by atoms with Gasteiger partial charge in [-0.1, -0.05) is 30.0 Å². The molecule has 2 aromatic carbocycles. The summed E-state index contributed by atoms with van der Waals surface area (Å²) in [5, 5.41) is 20.2. The van der Waals surface area contributed by atoms with E-state index in [4.69, 9.17) is 0 Å². The van der Waals surface area contributed by atoms with E-state index in [2.05, 4.69) is 10.2 Å². The zero-order chi connectivity index (χ0) is 22.5. The van der Waals surface area contributed by atoms with Gasteiger partial charge in [0.05, 0.1) is 10.7 Å². The van der Waals surface area contributed by atoms with E-state index in [0.717, 1.165) is 5.69 Å². The van der Waals surface area contributed by atoms with Crippen LogP contribution in [0.25, 0.3) is 17.1 Å². The number of rotatable bonds is 8. The molecule has 0 radical (unpaired) electrons. The van der Waals surface area contributed by atoms with Gasteiger partial charge in [-0.2, -0.15) is 0 Å². The van der Waals surface area contributed by atoms with Crippen molar-refractivity contribution in [2.75, 3.05) is 5.75 Å². The van der Waals surface area contributed by atoms with E-state index in [1.165, 1.54) is 23.9 Å². The topological polar surface area (TPSA) is 94.2 Å². The van der Waals surface area contributed by atoms with E-state index in [1.807, 2.05) is 67.5 Å². The molecule has 0 fully saturated rings. The van der Waals surface area contributed by atoms with Gasteiger partial charge in [-0.15, -0.1) is 10.2 Å². The van der Waals surface area contributed by atoms with Gasteiger partial charge in [0, 0.05) is 35.5 Å². The van der Waals surface area contributed by atoms with Gasteiger partial charge in [0.25, 0.3) is 5.69 Å². The number of para-hydroxylation sites is 1. The average molecular weight is 440 g/mol. The fourth-order valence-electron chi connectivity index (χ4n) is 3.47. The Balaban J connectivity index is 1.94. The first kappa shape index (κ1) is 22.5. The van der Waals surface area contributed by atoms with Crippen LogP contribution >= 0.6 is 11.8 Å². The molecule has 0 saturated carbocycles. The van der Waals surface area contributed by atoms with Gasteiger partial charge < -0.3 is 4.90 Å². The number of carbonyl (C=O) groups is 1. The van der Waals surface area contributed by atoms with Gasteiger partial charge in [-0.3, -0.25) is 19.5 Å². The lowest BCUT2D eigenvalue weighted by molar-refractivity contribution is -0.384. The van der Waals surface area contributed by atoms with E-state index < -0.39 is 4.92 Å². The van der Waals surface area contributed by atoms with Crippen LogP contribution in [0.4, 0.5) is 5.69 Å². The molecule has 1 heterocycles. The zero-order valence-corrected chi connectivity index (χ0v) is 18.7. The number of hydrogen-bond donors (Lipinski definition) is 0. The number of hydrogen-bond acceptors (Lipinski definition) is 6. The molecule has 3 aromatic rings. The summed E-state index contributed by atoms with van der Waals surface area (Å²) in [6.45, 7) is 8.01. The number of benzene rings is 2. The Morgan fingerprint density at radius 2 is 1.65 bits per heavy atom. The van der Waals surface area contributed by atoms with Crippen LogP contribution < -0.4 is 0 Å². The lowest BCUT2D eigenvalue weighted by atomic mass is 10.2. The van der Waals surface area contributed by atoms with Gasteiger partial charge in [0.1, 0.15) is 0 Å². The number of non-ortho nitro benzene ring substituents is 1. The highest BCUT2D eigenvalue weighted by molar-refractivity contribution is 7.99. The maximum atomic E-state index is 12.8. The minimum absolute atomic E-state index is 0.0113. The largest absolute Gasteiger partial charge is 0.337 e. The van der Waals surface area contributed by atoms with Crippen LogP contribution in [0.2, 0.25) is 0 Å². The van der Waals surface area contributed by atoms with Gasteiger partial charge in [-0.25, -0.2) is 0 Å². The Kier molecular flexibility index (Phi) is 7.06. The molecular weight excluding hydrogens is 414 g/mol. The second-order valence-electron chi connectivity index (χ2n) is 7.56. The molecule has 0 aliphatic rings. The maximum Gasteiger partial charge on any atom is 0.269 e. The molecule has 0 saturated heterocycles. The highest BCUT2D eigenvalue weighted by Gasteiger charge is 2.22. The summed E-state index contributed by atoms with van der Waals surface area (Å²) in [6, 6.07) is 16.0. The Hall–Kier alpha value is -3.20. The van der Waals surface area contributed by atoms with Crippen molar-refractivity contribution in [1.82, 2.24) is 19.7 Å². The van der Waals surface area contributed by atoms with Crippen molar-refractivity contribution in [3.63, 3.8) is 0 Å². The normalized spacial score (nSPS) is 11.2. The number of aromatic nitrogens is 3. The third-order valence-electron chi connectivity index (χ3n) is 4.71. The summed E-state index contributed by atoms with van der Waals surface area (Å²) < 4.78 is 1.87. The Morgan fingerprint density at radius 3 is 2.19 bits per heavy atom. The van der Waals surface area contributed by atoms with Gasteiger partial charge >= 0.3 is 0 Å². The number of thioether (sulfide) groups is 1. The second kappa shape index (κ2) is 9.74. The SMILES string of the molecule is CC(C)N(C(=O)CSc1nnc(-c2ccc([N+](=O)[O-])cc2)n1-c1ccccc1)C(C)C. The fourth-order valence-corrected chi connectivity index (χ4v) is 4.29. The number of amides is 1. The Labute approximate surface area is 185 Å². The van der Waals surface area contributed by atoms with Gasteiger partial charge in [0.15, 0.2) is 11.0 Å². The molecule has 3 rings (SSSR count). The van der Waals surface area contributed by atoms with Crippen LogP contribution in [-0.4, -0.2) is 48.3 Å². The lowest BCUT2D eigenvalue weighted by Crippen LogP contribution is -2.43. The molecule has 162 valence electrons. The van der Waals surface area contributed by atoms with Crippen LogP contribution in [0, 0.1) is 10.1 Å². The third kappa shape index (κ3) is 5.11. The summed E-state index contributed by atoms with van der Waals surface area (Å²) in [4.78, 5) is 25.2. The van der Waals surface area contributed by atoms with Crippen LogP contribution in [0.5, 0.6) is 0 Å². The van der Waals surface area contributed by atoms with Crippen LogP contribution in [0.1, 0.15) is 27.7 Å². The Morgan fingerprint density at radius 1 is 1.03 bits per heavy atom. The third-order valence-corrected chi connectivity index (χ3v) is 5.62. The standard InChI is InChI=1S/C22H25N5O3S/c1-15(2)25(16(3)4)20(28)14-31-22-24-23-21(26(22)18-8-6-5-7-9-18)17-10-12-19(13-11-17)27(29)30/h5-13,15-16H,14H2,1-4H3. The molecule has 0 unspecified atom stereocenters. The summed E-state index contributed by atoms with van der Waals surface area (Å²) in [5.41, 5.74) is 1.56. The van der Waals surface area contributed by atoms with Crippen molar-refractivity contribution in [2.45, 2.75) is 44.9 Å². The summed E-state index contributed by atoms with van der Waals surface area (Å²) in [7, 11) is 0. The van der Waals surface area contributed by atoms with Crippen LogP contribution in [-0.2, 0) is 4.79 Å². The fraction of sp³-hybridized carbons (Fsp3) is 0.318. The first-order chi connectivity index (χ1) is 14.8. The molecule has 1 aromatic heterocycles. The molecule has 9 heteroatoms. The molecule has 0 aliphatic heterocycles. The average Bonchev–Trinajstić information content (AvgIpc) is 3.16. The number of nitrogens with zero attached hydrogens (tertiary/aromatic N) is 5. The predicted molar refractivity (Wildman–Crippen MR) is 121 cm³/mol. The minimum atomic E-state index is -0.437. The number of carbonyl (C=O) groups excluding carboxylic acids is 1. The molecular formula is C22H25N5O3S. The second-order valence-corrected chi connectivity index (χ2v) is 8.50. The van der Waals surface area contributed by atoms with Crippen molar-refractivity contribution in [1.29, 1.82) is 0 Å². The smallest absolute Gasteiger partial charge is 0.269 e. The first-order valence-electron chi connectivity index (χ1n) is 9.99. The first-order valence-corrected chi connectivity index (χ1v) is 11.0. The van der Waals surface area contributed by atoms with Crippen molar-refractivity contribution < 1.29 is 9.72 Å². The molecule has 0 aliphatic carbocycles. The predicted octanol–water partition coefficient (Wildman–Crippen LogP) is 4.58.